The fourth-order valence-electron chi connectivity index (χ4n) is 3.75. The lowest BCUT2D eigenvalue weighted by Gasteiger charge is -2.38. The molecule has 0 bridgehead atoms. The van der Waals surface area contributed by atoms with Crippen LogP contribution in [0.1, 0.15) is 0 Å². The predicted octanol–water partition coefficient (Wildman–Crippen LogP) is 2.67. The lowest BCUT2D eigenvalue weighted by molar-refractivity contribution is -0.120. The first-order valence-corrected chi connectivity index (χ1v) is 13.4. The molecule has 1 N–H and O–H groups in total. The van der Waals surface area contributed by atoms with E-state index in [4.69, 9.17) is 0 Å². The van der Waals surface area contributed by atoms with Gasteiger partial charge in [0.15, 0.2) is 0 Å². The second kappa shape index (κ2) is 9.82. The molecule has 35 heavy (non-hydrogen) atoms. The van der Waals surface area contributed by atoms with Gasteiger partial charge in [-0.15, -0.1) is 0 Å². The van der Waals surface area contributed by atoms with Gasteiger partial charge in [-0.05, 0) is 36.4 Å². The minimum Gasteiger partial charge on any atom is -0.320 e. The maximum absolute atomic E-state index is 14.2. The summed E-state index contributed by atoms with van der Waals surface area (Å²) in [6, 6.07) is 16.2. The molecule has 1 saturated heterocycles. The van der Waals surface area contributed by atoms with Gasteiger partial charge < -0.3 is 5.32 Å². The van der Waals surface area contributed by atoms with Crippen LogP contribution in [-0.2, 0) is 24.8 Å². The number of sulfonamides is 2. The number of nitrogens with one attached hydrogen (secondary N) is 1. The molecule has 1 fully saturated rings. The number of piperazine rings is 1. The van der Waals surface area contributed by atoms with Crippen molar-refractivity contribution in [2.24, 2.45) is 0 Å². The molecule has 0 spiro atoms. The number of para-hydroxylation sites is 1. The third-order valence-electron chi connectivity index (χ3n) is 5.54. The fraction of sp³-hybridized carbons (Fsp3) is 0.174. The Morgan fingerprint density at radius 3 is 1.80 bits per heavy atom. The van der Waals surface area contributed by atoms with E-state index in [0.717, 1.165) is 26.8 Å². The first kappa shape index (κ1) is 24.9. The Bertz CT molecular complexity index is 1420. The molecule has 12 heteroatoms. The van der Waals surface area contributed by atoms with E-state index in [9.17, 15) is 30.4 Å². The zero-order chi connectivity index (χ0) is 25.2. The van der Waals surface area contributed by atoms with Crippen LogP contribution in [0.2, 0.25) is 0 Å². The lowest BCUT2D eigenvalue weighted by atomic mass is 10.2. The van der Waals surface area contributed by atoms with Gasteiger partial charge in [-0.25, -0.2) is 25.6 Å². The van der Waals surface area contributed by atoms with Crippen LogP contribution < -0.4 is 5.32 Å². The first-order chi connectivity index (χ1) is 16.6. The molecule has 8 nitrogen and oxygen atoms in total. The molecular weight excluding hydrogens is 500 g/mol. The van der Waals surface area contributed by atoms with Gasteiger partial charge in [0.05, 0.1) is 9.79 Å². The van der Waals surface area contributed by atoms with E-state index >= 15 is 0 Å². The van der Waals surface area contributed by atoms with Gasteiger partial charge in [0.1, 0.15) is 23.4 Å². The predicted molar refractivity (Wildman–Crippen MR) is 124 cm³/mol. The molecular formula is C23H21F2N3O5S2. The Balaban J connectivity index is 1.72. The number of hydrogen-bond donors (Lipinski definition) is 1. The van der Waals surface area contributed by atoms with Crippen molar-refractivity contribution in [3.8, 4) is 0 Å². The van der Waals surface area contributed by atoms with Crippen LogP contribution >= 0.6 is 0 Å². The minimum atomic E-state index is -4.24. The highest BCUT2D eigenvalue weighted by Gasteiger charge is 2.43. The van der Waals surface area contributed by atoms with E-state index in [1.54, 1.807) is 12.1 Å². The molecule has 0 aromatic heterocycles. The number of halogens is 2. The number of anilines is 1. The Hall–Kier alpha value is -3.19. The molecule has 0 aliphatic carbocycles. The summed E-state index contributed by atoms with van der Waals surface area (Å²) in [5.41, 5.74) is -0.752. The van der Waals surface area contributed by atoms with E-state index < -0.39 is 55.9 Å². The molecule has 1 atom stereocenters. The Kier molecular flexibility index (Phi) is 6.99. The molecule has 0 saturated carbocycles. The summed E-state index contributed by atoms with van der Waals surface area (Å²) in [7, 11) is -8.31. The van der Waals surface area contributed by atoms with E-state index in [1.807, 2.05) is 0 Å². The van der Waals surface area contributed by atoms with E-state index in [1.165, 1.54) is 48.5 Å². The van der Waals surface area contributed by atoms with Gasteiger partial charge in [0.25, 0.3) is 0 Å². The van der Waals surface area contributed by atoms with Crippen LogP contribution in [0.5, 0.6) is 0 Å². The average Bonchev–Trinajstić information content (AvgIpc) is 2.87. The summed E-state index contributed by atoms with van der Waals surface area (Å²) in [6.07, 6.45) is 0. The Labute approximate surface area is 201 Å². The highest BCUT2D eigenvalue weighted by molar-refractivity contribution is 7.89. The normalized spacial score (nSPS) is 17.7. The monoisotopic (exact) mass is 521 g/mol. The van der Waals surface area contributed by atoms with Crippen LogP contribution in [0, 0.1) is 11.6 Å². The Morgan fingerprint density at radius 1 is 0.743 bits per heavy atom. The molecule has 0 unspecified atom stereocenters. The molecule has 1 aliphatic heterocycles. The van der Waals surface area contributed by atoms with Crippen molar-refractivity contribution in [1.29, 1.82) is 0 Å². The second-order valence-corrected chi connectivity index (χ2v) is 11.5. The summed E-state index contributed by atoms with van der Waals surface area (Å²) in [6.45, 7) is -1.12. The van der Waals surface area contributed by atoms with E-state index in [0.29, 0.717) is 0 Å². The largest absolute Gasteiger partial charge is 0.320 e. The van der Waals surface area contributed by atoms with Gasteiger partial charge in [-0.2, -0.15) is 8.61 Å². The van der Waals surface area contributed by atoms with Crippen molar-refractivity contribution >= 4 is 31.6 Å². The number of hydrogen-bond acceptors (Lipinski definition) is 5. The number of rotatable bonds is 6. The maximum atomic E-state index is 14.2. The molecule has 4 rings (SSSR count). The zero-order valence-corrected chi connectivity index (χ0v) is 19.8. The van der Waals surface area contributed by atoms with Gasteiger partial charge in [0, 0.05) is 19.6 Å². The third-order valence-corrected chi connectivity index (χ3v) is 9.34. The first-order valence-electron chi connectivity index (χ1n) is 10.5. The van der Waals surface area contributed by atoms with E-state index in [2.05, 4.69) is 5.32 Å². The third kappa shape index (κ3) is 4.96. The average molecular weight is 522 g/mol. The van der Waals surface area contributed by atoms with Gasteiger partial charge in [0.2, 0.25) is 26.0 Å². The summed E-state index contributed by atoms with van der Waals surface area (Å²) in [5, 5.41) is 2.10. The summed E-state index contributed by atoms with van der Waals surface area (Å²) in [5.74, 6) is -3.18. The van der Waals surface area contributed by atoms with Crippen LogP contribution in [0.4, 0.5) is 14.5 Å². The van der Waals surface area contributed by atoms with E-state index in [-0.39, 0.29) is 22.9 Å². The second-order valence-electron chi connectivity index (χ2n) is 7.71. The zero-order valence-electron chi connectivity index (χ0n) is 18.2. The molecule has 184 valence electrons. The topological polar surface area (TPSA) is 104 Å². The Morgan fingerprint density at radius 2 is 1.26 bits per heavy atom. The summed E-state index contributed by atoms with van der Waals surface area (Å²) < 4.78 is 83.2. The quantitative estimate of drug-likeness (QED) is 0.537. The van der Waals surface area contributed by atoms with Crippen LogP contribution in [0.15, 0.2) is 88.7 Å². The fourth-order valence-corrected chi connectivity index (χ4v) is 6.80. The highest BCUT2D eigenvalue weighted by atomic mass is 32.2. The van der Waals surface area contributed by atoms with Crippen LogP contribution in [0.25, 0.3) is 0 Å². The molecule has 1 aliphatic rings. The van der Waals surface area contributed by atoms with Crippen molar-refractivity contribution in [3.63, 3.8) is 0 Å². The van der Waals surface area contributed by atoms with Gasteiger partial charge >= 0.3 is 0 Å². The molecule has 1 amide bonds. The van der Waals surface area contributed by atoms with Gasteiger partial charge in [-0.1, -0.05) is 42.5 Å². The van der Waals surface area contributed by atoms with Crippen LogP contribution in [-0.4, -0.2) is 57.0 Å². The molecule has 0 radical (unpaired) electrons. The van der Waals surface area contributed by atoms with Crippen molar-refractivity contribution in [2.45, 2.75) is 15.8 Å². The molecule has 1 heterocycles. The maximum Gasteiger partial charge on any atom is 0.244 e. The van der Waals surface area contributed by atoms with Crippen molar-refractivity contribution in [3.05, 3.63) is 90.5 Å². The minimum absolute atomic E-state index is 0.0290. The number of benzene rings is 3. The standard InChI is InChI=1S/C23H21F2N3O5S2/c24-19-12-7-13-20(25)22(19)26-23(29)21-16-27(34(30,31)17-8-3-1-4-9-17)14-15-28(21)35(32,33)18-10-5-2-6-11-18/h1-13,21H,14-16H2,(H,26,29)/t21-/m0/s1. The highest BCUT2D eigenvalue weighted by Crippen LogP contribution is 2.27. The van der Waals surface area contributed by atoms with Crippen molar-refractivity contribution in [1.82, 2.24) is 8.61 Å². The smallest absolute Gasteiger partial charge is 0.244 e. The lowest BCUT2D eigenvalue weighted by Crippen LogP contribution is -2.60. The van der Waals surface area contributed by atoms with Crippen LogP contribution in [0.3, 0.4) is 0 Å². The van der Waals surface area contributed by atoms with Gasteiger partial charge in [-0.3, -0.25) is 4.79 Å². The number of carbonyl (C=O) groups excluding carboxylic acids is 1. The number of nitrogens with zero attached hydrogens (tertiary/aromatic N) is 2. The number of carbonyl (C=O) groups is 1. The SMILES string of the molecule is O=C(Nc1c(F)cccc1F)[C@@H]1CN(S(=O)(=O)c2ccccc2)CCN1S(=O)(=O)c1ccccc1. The summed E-state index contributed by atoms with van der Waals surface area (Å²) in [4.78, 5) is 13.1. The molecule has 3 aromatic rings. The van der Waals surface area contributed by atoms with Crippen molar-refractivity contribution in [2.75, 3.05) is 25.0 Å². The number of amides is 1. The summed E-state index contributed by atoms with van der Waals surface area (Å²) >= 11 is 0. The molecule has 3 aromatic carbocycles. The van der Waals surface area contributed by atoms with Crippen molar-refractivity contribution < 1.29 is 30.4 Å².